The Hall–Kier alpha value is -0.340. The minimum absolute atomic E-state index is 0.308. The van der Waals surface area contributed by atoms with Gasteiger partial charge >= 0.3 is 0 Å². The van der Waals surface area contributed by atoms with Gasteiger partial charge in [0.2, 0.25) is 0 Å². The van der Waals surface area contributed by atoms with E-state index in [1.54, 1.807) is 6.08 Å². The fraction of sp³-hybridized carbons (Fsp3) is 0.800. The van der Waals surface area contributed by atoms with Crippen molar-refractivity contribution in [2.45, 2.75) is 44.9 Å². The predicted octanol–water partition coefficient (Wildman–Crippen LogP) is 1.76. The maximum atomic E-state index is 9.70. The molecule has 0 saturated carbocycles. The molecule has 2 nitrogen and oxygen atoms in total. The van der Waals surface area contributed by atoms with Gasteiger partial charge in [-0.3, -0.25) is 4.90 Å². The first-order chi connectivity index (χ1) is 5.75. The molecule has 1 rings (SSSR count). The molecule has 1 unspecified atom stereocenters. The van der Waals surface area contributed by atoms with Crippen molar-refractivity contribution < 1.29 is 5.11 Å². The highest BCUT2D eigenvalue weighted by molar-refractivity contribution is 4.79. The summed E-state index contributed by atoms with van der Waals surface area (Å²) >= 11 is 0. The second-order valence-corrected chi connectivity index (χ2v) is 3.59. The van der Waals surface area contributed by atoms with E-state index < -0.39 is 0 Å². The van der Waals surface area contributed by atoms with Gasteiger partial charge in [0, 0.05) is 19.0 Å². The van der Waals surface area contributed by atoms with Crippen LogP contribution in [0.25, 0.3) is 0 Å². The van der Waals surface area contributed by atoms with Gasteiger partial charge in [-0.15, -0.1) is 6.58 Å². The number of piperidine rings is 1. The molecule has 1 fully saturated rings. The molecule has 0 amide bonds. The number of hydrogen-bond acceptors (Lipinski definition) is 2. The minimum atomic E-state index is -0.308. The summed E-state index contributed by atoms with van der Waals surface area (Å²) < 4.78 is 0. The van der Waals surface area contributed by atoms with Gasteiger partial charge < -0.3 is 5.11 Å². The van der Waals surface area contributed by atoms with E-state index >= 15 is 0 Å². The molecule has 0 radical (unpaired) electrons. The summed E-state index contributed by atoms with van der Waals surface area (Å²) in [6.07, 6.45) is 5.90. The van der Waals surface area contributed by atoms with Crippen LogP contribution >= 0.6 is 0 Å². The fourth-order valence-corrected chi connectivity index (χ4v) is 1.85. The van der Waals surface area contributed by atoms with Crippen LogP contribution in [0.2, 0.25) is 0 Å². The van der Waals surface area contributed by atoms with Crippen LogP contribution in [0.15, 0.2) is 12.7 Å². The average molecular weight is 169 g/mol. The van der Waals surface area contributed by atoms with Crippen molar-refractivity contribution >= 4 is 0 Å². The zero-order chi connectivity index (χ0) is 8.97. The lowest BCUT2D eigenvalue weighted by molar-refractivity contribution is -0.0329. The lowest BCUT2D eigenvalue weighted by atomic mass is 10.0. The van der Waals surface area contributed by atoms with Crippen LogP contribution in [0.4, 0.5) is 0 Å². The Kier molecular flexibility index (Phi) is 3.76. The number of aliphatic hydroxyl groups excluding tert-OH is 1. The van der Waals surface area contributed by atoms with Crippen LogP contribution in [0.1, 0.15) is 32.6 Å². The Balaban J connectivity index is 2.41. The number of hydrogen-bond donors (Lipinski definition) is 1. The Morgan fingerprint density at radius 2 is 2.42 bits per heavy atom. The quantitative estimate of drug-likeness (QED) is 0.651. The summed E-state index contributed by atoms with van der Waals surface area (Å²) in [6, 6.07) is 0.536. The summed E-state index contributed by atoms with van der Waals surface area (Å²) in [5.74, 6) is 0. The molecular weight excluding hydrogens is 150 g/mol. The third-order valence-electron chi connectivity index (χ3n) is 2.61. The largest absolute Gasteiger partial charge is 0.378 e. The topological polar surface area (TPSA) is 23.5 Å². The number of aliphatic hydroxyl groups is 1. The number of nitrogens with zero attached hydrogens (tertiary/aromatic N) is 1. The van der Waals surface area contributed by atoms with Crippen molar-refractivity contribution in [3.05, 3.63) is 12.7 Å². The molecule has 1 aliphatic rings. The SMILES string of the molecule is C=CCC(O)N1CCCC[C@@H]1C. The van der Waals surface area contributed by atoms with Crippen LogP contribution in [-0.2, 0) is 0 Å². The van der Waals surface area contributed by atoms with E-state index in [9.17, 15) is 5.11 Å². The highest BCUT2D eigenvalue weighted by atomic mass is 16.3. The Morgan fingerprint density at radius 3 is 3.00 bits per heavy atom. The Bertz CT molecular complexity index is 147. The first-order valence-electron chi connectivity index (χ1n) is 4.80. The summed E-state index contributed by atoms with van der Waals surface area (Å²) in [5, 5.41) is 9.70. The normalized spacial score (nSPS) is 28.3. The van der Waals surface area contributed by atoms with Gasteiger partial charge in [0.1, 0.15) is 6.23 Å². The van der Waals surface area contributed by atoms with Crippen LogP contribution in [0, 0.1) is 0 Å². The van der Waals surface area contributed by atoms with Crippen molar-refractivity contribution in [3.63, 3.8) is 0 Å². The maximum absolute atomic E-state index is 9.70. The lowest BCUT2D eigenvalue weighted by Gasteiger charge is -2.36. The van der Waals surface area contributed by atoms with Gasteiger partial charge in [0.05, 0.1) is 0 Å². The molecule has 1 N–H and O–H groups in total. The molecule has 70 valence electrons. The molecule has 2 heteroatoms. The zero-order valence-electron chi connectivity index (χ0n) is 7.87. The molecule has 1 heterocycles. The Labute approximate surface area is 74.9 Å². The summed E-state index contributed by atoms with van der Waals surface area (Å²) in [6.45, 7) is 6.86. The third-order valence-corrected chi connectivity index (χ3v) is 2.61. The minimum Gasteiger partial charge on any atom is -0.378 e. The summed E-state index contributed by atoms with van der Waals surface area (Å²) in [5.41, 5.74) is 0. The van der Waals surface area contributed by atoms with E-state index in [1.807, 2.05) is 0 Å². The van der Waals surface area contributed by atoms with Crippen molar-refractivity contribution in [3.8, 4) is 0 Å². The van der Waals surface area contributed by atoms with Crippen molar-refractivity contribution in [1.29, 1.82) is 0 Å². The van der Waals surface area contributed by atoms with Gasteiger partial charge in [-0.25, -0.2) is 0 Å². The lowest BCUT2D eigenvalue weighted by Crippen LogP contribution is -2.44. The second-order valence-electron chi connectivity index (χ2n) is 3.59. The molecule has 0 aromatic rings. The number of rotatable bonds is 3. The van der Waals surface area contributed by atoms with Crippen LogP contribution in [0.3, 0.4) is 0 Å². The average Bonchev–Trinajstić information content (AvgIpc) is 2.05. The van der Waals surface area contributed by atoms with E-state index in [0.29, 0.717) is 12.5 Å². The van der Waals surface area contributed by atoms with Crippen LogP contribution in [-0.4, -0.2) is 28.8 Å². The van der Waals surface area contributed by atoms with Gasteiger partial charge in [-0.2, -0.15) is 0 Å². The van der Waals surface area contributed by atoms with Crippen molar-refractivity contribution in [2.24, 2.45) is 0 Å². The van der Waals surface area contributed by atoms with E-state index in [0.717, 1.165) is 6.54 Å². The molecule has 2 atom stereocenters. The summed E-state index contributed by atoms with van der Waals surface area (Å²) in [4.78, 5) is 2.17. The molecule has 0 aromatic carbocycles. The highest BCUT2D eigenvalue weighted by Crippen LogP contribution is 2.19. The molecular formula is C10H19NO. The van der Waals surface area contributed by atoms with Gasteiger partial charge in [0.15, 0.2) is 0 Å². The second kappa shape index (κ2) is 4.63. The predicted molar refractivity (Wildman–Crippen MR) is 50.8 cm³/mol. The van der Waals surface area contributed by atoms with Crippen LogP contribution in [0.5, 0.6) is 0 Å². The third kappa shape index (κ3) is 2.32. The van der Waals surface area contributed by atoms with E-state index in [4.69, 9.17) is 0 Å². The van der Waals surface area contributed by atoms with E-state index in [2.05, 4.69) is 18.4 Å². The molecule has 0 aliphatic carbocycles. The standard InChI is InChI=1S/C10H19NO/c1-3-6-10(12)11-8-5-4-7-9(11)2/h3,9-10,12H,1,4-8H2,2H3/t9-,10?/m0/s1. The first kappa shape index (κ1) is 9.75. The monoisotopic (exact) mass is 169 g/mol. The molecule has 12 heavy (non-hydrogen) atoms. The molecule has 1 saturated heterocycles. The number of likely N-dealkylation sites (tertiary alicyclic amines) is 1. The fourth-order valence-electron chi connectivity index (χ4n) is 1.85. The highest BCUT2D eigenvalue weighted by Gasteiger charge is 2.22. The first-order valence-corrected chi connectivity index (χ1v) is 4.80. The van der Waals surface area contributed by atoms with Gasteiger partial charge in [0.25, 0.3) is 0 Å². The smallest absolute Gasteiger partial charge is 0.111 e. The maximum Gasteiger partial charge on any atom is 0.111 e. The van der Waals surface area contributed by atoms with Crippen molar-refractivity contribution in [1.82, 2.24) is 4.90 Å². The summed E-state index contributed by atoms with van der Waals surface area (Å²) in [7, 11) is 0. The van der Waals surface area contributed by atoms with Crippen LogP contribution < -0.4 is 0 Å². The Morgan fingerprint density at radius 1 is 1.67 bits per heavy atom. The van der Waals surface area contributed by atoms with Crippen molar-refractivity contribution in [2.75, 3.05) is 6.54 Å². The van der Waals surface area contributed by atoms with Gasteiger partial charge in [-0.05, 0) is 19.8 Å². The van der Waals surface area contributed by atoms with E-state index in [1.165, 1.54) is 19.3 Å². The molecule has 0 aromatic heterocycles. The zero-order valence-corrected chi connectivity index (χ0v) is 7.87. The van der Waals surface area contributed by atoms with E-state index in [-0.39, 0.29) is 6.23 Å². The molecule has 0 bridgehead atoms. The van der Waals surface area contributed by atoms with Gasteiger partial charge in [-0.1, -0.05) is 12.5 Å². The molecule has 1 aliphatic heterocycles. The molecule has 0 spiro atoms.